The van der Waals surface area contributed by atoms with Gasteiger partial charge in [0.1, 0.15) is 18.3 Å². The molecule has 1 unspecified atom stereocenters. The first-order chi connectivity index (χ1) is 17.0. The predicted octanol–water partition coefficient (Wildman–Crippen LogP) is 3.90. The fourth-order valence-electron chi connectivity index (χ4n) is 4.29. The lowest BCUT2D eigenvalue weighted by atomic mass is 10.1. The van der Waals surface area contributed by atoms with E-state index in [1.165, 1.54) is 24.1 Å². The number of methoxy groups -OCH3 is 1. The van der Waals surface area contributed by atoms with Crippen molar-refractivity contribution in [3.05, 3.63) is 58.6 Å². The smallest absolute Gasteiger partial charge is 0.244 e. The van der Waals surface area contributed by atoms with Crippen LogP contribution in [0.2, 0.25) is 5.02 Å². The number of benzene rings is 2. The van der Waals surface area contributed by atoms with Crippen LogP contribution < -0.4 is 14.4 Å². The lowest BCUT2D eigenvalue weighted by Crippen LogP contribution is -2.52. The van der Waals surface area contributed by atoms with Gasteiger partial charge in [0.05, 0.1) is 24.1 Å². The molecule has 2 aromatic carbocycles. The standard InChI is InChI=1S/C26H34ClN3O5S/c1-18-9-11-20(12-10-18)16-29(19(2)26(32)28-21-7-5-6-8-21)25(31)17-30(36(4,33)34)22-13-14-24(35-3)23(27)15-22/h9-15,19,21H,5-8,16-17H2,1-4H3,(H,28,32). The maximum atomic E-state index is 13.6. The molecule has 8 nitrogen and oxygen atoms in total. The number of carbonyl (C=O) groups excluding carboxylic acids is 2. The SMILES string of the molecule is COc1ccc(N(CC(=O)N(Cc2ccc(C)cc2)C(C)C(=O)NC2CCCC2)S(C)(=O)=O)cc1Cl. The van der Waals surface area contributed by atoms with Crippen LogP contribution in [0.15, 0.2) is 42.5 Å². The van der Waals surface area contributed by atoms with Crippen molar-refractivity contribution >= 4 is 39.1 Å². The molecule has 0 bridgehead atoms. The van der Waals surface area contributed by atoms with Gasteiger partial charge in [-0.25, -0.2) is 8.42 Å². The van der Waals surface area contributed by atoms with Crippen molar-refractivity contribution in [3.63, 3.8) is 0 Å². The Hall–Kier alpha value is -2.78. The number of nitrogens with zero attached hydrogens (tertiary/aromatic N) is 2. The van der Waals surface area contributed by atoms with Gasteiger partial charge in [0.2, 0.25) is 21.8 Å². The van der Waals surface area contributed by atoms with Gasteiger partial charge in [0, 0.05) is 12.6 Å². The van der Waals surface area contributed by atoms with Crippen molar-refractivity contribution in [3.8, 4) is 5.75 Å². The highest BCUT2D eigenvalue weighted by Gasteiger charge is 2.31. The van der Waals surface area contributed by atoms with Crippen molar-refractivity contribution in [1.29, 1.82) is 0 Å². The molecule has 0 spiro atoms. The molecule has 3 rings (SSSR count). The summed E-state index contributed by atoms with van der Waals surface area (Å²) in [4.78, 5) is 28.1. The van der Waals surface area contributed by atoms with E-state index in [9.17, 15) is 18.0 Å². The first kappa shape index (κ1) is 27.8. The first-order valence-electron chi connectivity index (χ1n) is 12.0. The van der Waals surface area contributed by atoms with E-state index >= 15 is 0 Å². The number of carbonyl (C=O) groups is 2. The van der Waals surface area contributed by atoms with E-state index in [2.05, 4.69) is 5.32 Å². The average Bonchev–Trinajstić information content (AvgIpc) is 3.33. The zero-order valence-corrected chi connectivity index (χ0v) is 22.7. The maximum Gasteiger partial charge on any atom is 0.244 e. The topological polar surface area (TPSA) is 96.0 Å². The third-order valence-electron chi connectivity index (χ3n) is 6.44. The summed E-state index contributed by atoms with van der Waals surface area (Å²) in [7, 11) is -2.38. The number of ether oxygens (including phenoxy) is 1. The van der Waals surface area contributed by atoms with E-state index in [0.29, 0.717) is 5.75 Å². The van der Waals surface area contributed by atoms with E-state index in [-0.39, 0.29) is 29.2 Å². The number of rotatable bonds is 10. The summed E-state index contributed by atoms with van der Waals surface area (Å²) in [5, 5.41) is 3.27. The second-order valence-corrected chi connectivity index (χ2v) is 11.6. The first-order valence-corrected chi connectivity index (χ1v) is 14.2. The van der Waals surface area contributed by atoms with Gasteiger partial charge in [0.25, 0.3) is 0 Å². The molecule has 1 aliphatic rings. The Balaban J connectivity index is 1.89. The molecule has 1 saturated carbocycles. The highest BCUT2D eigenvalue weighted by molar-refractivity contribution is 7.92. The molecule has 196 valence electrons. The number of sulfonamides is 1. The molecule has 0 aliphatic heterocycles. The van der Waals surface area contributed by atoms with Gasteiger partial charge < -0.3 is 15.0 Å². The van der Waals surface area contributed by atoms with Crippen molar-refractivity contribution in [1.82, 2.24) is 10.2 Å². The van der Waals surface area contributed by atoms with E-state index in [1.807, 2.05) is 31.2 Å². The molecule has 1 aliphatic carbocycles. The zero-order chi connectivity index (χ0) is 26.5. The third-order valence-corrected chi connectivity index (χ3v) is 7.88. The van der Waals surface area contributed by atoms with Gasteiger partial charge in [-0.15, -0.1) is 0 Å². The molecular formula is C26H34ClN3O5S. The van der Waals surface area contributed by atoms with Crippen molar-refractivity contribution < 1.29 is 22.7 Å². The third kappa shape index (κ3) is 7.13. The van der Waals surface area contributed by atoms with Crippen LogP contribution in [-0.4, -0.2) is 57.1 Å². The van der Waals surface area contributed by atoms with Crippen LogP contribution in [0, 0.1) is 6.92 Å². The fourth-order valence-corrected chi connectivity index (χ4v) is 5.38. The second kappa shape index (κ2) is 12.0. The van der Waals surface area contributed by atoms with Crippen molar-refractivity contribution in [2.45, 2.75) is 58.2 Å². The maximum absolute atomic E-state index is 13.6. The van der Waals surface area contributed by atoms with Crippen LogP contribution in [0.4, 0.5) is 5.69 Å². The number of amides is 2. The minimum Gasteiger partial charge on any atom is -0.495 e. The quantitative estimate of drug-likeness (QED) is 0.498. The summed E-state index contributed by atoms with van der Waals surface area (Å²) >= 11 is 6.22. The summed E-state index contributed by atoms with van der Waals surface area (Å²) < 4.78 is 31.5. The van der Waals surface area contributed by atoms with E-state index in [0.717, 1.165) is 47.4 Å². The van der Waals surface area contributed by atoms with E-state index in [4.69, 9.17) is 16.3 Å². The Labute approximate surface area is 218 Å². The van der Waals surface area contributed by atoms with E-state index < -0.39 is 28.5 Å². The van der Waals surface area contributed by atoms with Crippen LogP contribution >= 0.6 is 11.6 Å². The van der Waals surface area contributed by atoms with E-state index in [1.54, 1.807) is 13.0 Å². The van der Waals surface area contributed by atoms with Gasteiger partial charge in [-0.2, -0.15) is 0 Å². The molecule has 0 saturated heterocycles. The normalized spacial score (nSPS) is 14.8. The van der Waals surface area contributed by atoms with Crippen LogP contribution in [0.3, 0.4) is 0 Å². The van der Waals surface area contributed by atoms with Crippen LogP contribution in [0.1, 0.15) is 43.7 Å². The molecule has 0 radical (unpaired) electrons. The number of hydrogen-bond acceptors (Lipinski definition) is 5. The van der Waals surface area contributed by atoms with Gasteiger partial charge >= 0.3 is 0 Å². The number of anilines is 1. The van der Waals surface area contributed by atoms with Gasteiger partial charge in [-0.05, 0) is 50.5 Å². The summed E-state index contributed by atoms with van der Waals surface area (Å²) in [6, 6.07) is 11.5. The average molecular weight is 536 g/mol. The summed E-state index contributed by atoms with van der Waals surface area (Å²) in [6.07, 6.45) is 5.01. The molecule has 2 amide bonds. The lowest BCUT2D eigenvalue weighted by Gasteiger charge is -2.32. The summed E-state index contributed by atoms with van der Waals surface area (Å²) in [5.41, 5.74) is 2.14. The molecule has 10 heteroatoms. The minimum atomic E-state index is -3.84. The number of aryl methyl sites for hydroxylation is 1. The highest BCUT2D eigenvalue weighted by Crippen LogP contribution is 2.30. The van der Waals surface area contributed by atoms with Crippen LogP contribution in [0.5, 0.6) is 5.75 Å². The summed E-state index contributed by atoms with van der Waals surface area (Å²) in [6.45, 7) is 3.33. The Morgan fingerprint density at radius 2 is 1.78 bits per heavy atom. The van der Waals surface area contributed by atoms with Crippen LogP contribution in [0.25, 0.3) is 0 Å². The van der Waals surface area contributed by atoms with Gasteiger partial charge in [-0.3, -0.25) is 13.9 Å². The predicted molar refractivity (Wildman–Crippen MR) is 142 cm³/mol. The van der Waals surface area contributed by atoms with Crippen molar-refractivity contribution in [2.24, 2.45) is 0 Å². The molecule has 0 aromatic heterocycles. The molecule has 1 N–H and O–H groups in total. The number of nitrogens with one attached hydrogen (secondary N) is 1. The van der Waals surface area contributed by atoms with Gasteiger partial charge in [0.15, 0.2) is 0 Å². The molecule has 0 heterocycles. The largest absolute Gasteiger partial charge is 0.495 e. The highest BCUT2D eigenvalue weighted by atomic mass is 35.5. The minimum absolute atomic E-state index is 0.102. The Morgan fingerprint density at radius 1 is 1.14 bits per heavy atom. The second-order valence-electron chi connectivity index (χ2n) is 9.26. The summed E-state index contributed by atoms with van der Waals surface area (Å²) in [5.74, 6) is -0.360. The van der Waals surface area contributed by atoms with Crippen LogP contribution in [-0.2, 0) is 26.2 Å². The Kier molecular flexibility index (Phi) is 9.24. The number of halogens is 1. The molecule has 1 atom stereocenters. The monoisotopic (exact) mass is 535 g/mol. The Morgan fingerprint density at radius 3 is 2.33 bits per heavy atom. The zero-order valence-electron chi connectivity index (χ0n) is 21.2. The molecule has 2 aromatic rings. The molecule has 36 heavy (non-hydrogen) atoms. The fraction of sp³-hybridized carbons (Fsp3) is 0.462. The van der Waals surface area contributed by atoms with Crippen molar-refractivity contribution in [2.75, 3.05) is 24.2 Å². The molecule has 1 fully saturated rings. The molecular weight excluding hydrogens is 502 g/mol. The van der Waals surface area contributed by atoms with Gasteiger partial charge in [-0.1, -0.05) is 54.3 Å². The lowest BCUT2D eigenvalue weighted by molar-refractivity contribution is -0.139. The number of hydrogen-bond donors (Lipinski definition) is 1. The Bertz CT molecular complexity index is 1180.